The lowest BCUT2D eigenvalue weighted by molar-refractivity contribution is 0.326. The number of anilines is 1. The van der Waals surface area contributed by atoms with Crippen LogP contribution in [0, 0.1) is 57.3 Å². The minimum Gasteiger partial charge on any atom is -0.368 e. The molecule has 3 aromatic carbocycles. The predicted octanol–water partition coefficient (Wildman–Crippen LogP) is 8.88. The van der Waals surface area contributed by atoms with E-state index in [1.807, 2.05) is 78.9 Å². The third-order valence-corrected chi connectivity index (χ3v) is 8.96. The van der Waals surface area contributed by atoms with Crippen LogP contribution < -0.4 is 4.90 Å². The molecule has 254 valence electrons. The van der Waals surface area contributed by atoms with E-state index in [-0.39, 0.29) is 22.4 Å². The van der Waals surface area contributed by atoms with Gasteiger partial charge in [0.15, 0.2) is 0 Å². The Morgan fingerprint density at radius 1 is 0.698 bits per heavy atom. The van der Waals surface area contributed by atoms with E-state index in [0.29, 0.717) is 22.3 Å². The van der Waals surface area contributed by atoms with E-state index >= 15 is 0 Å². The Morgan fingerprint density at radius 2 is 1.30 bits per heavy atom. The highest BCUT2D eigenvalue weighted by Gasteiger charge is 2.26. The summed E-state index contributed by atoms with van der Waals surface area (Å²) in [7, 11) is 0. The Hall–Kier alpha value is -7.66. The van der Waals surface area contributed by atoms with Crippen LogP contribution in [-0.4, -0.2) is 36.9 Å². The van der Waals surface area contributed by atoms with Gasteiger partial charge in [-0.2, -0.15) is 15.8 Å². The number of benzene rings is 3. The monoisotopic (exact) mass is 686 g/mol. The third-order valence-electron chi connectivity index (χ3n) is 8.96. The average molecular weight is 687 g/mol. The summed E-state index contributed by atoms with van der Waals surface area (Å²) in [6.45, 7) is 10.8. The van der Waals surface area contributed by atoms with Crippen LogP contribution in [0.2, 0.25) is 0 Å². The predicted molar refractivity (Wildman–Crippen MR) is 208 cm³/mol. The van der Waals surface area contributed by atoms with Crippen LogP contribution in [0.4, 0.5) is 5.69 Å². The van der Waals surface area contributed by atoms with Gasteiger partial charge in [0.05, 0.1) is 35.9 Å². The minimum atomic E-state index is -0.148. The molecule has 1 saturated heterocycles. The number of nitriles is 4. The quantitative estimate of drug-likeness (QED) is 0.0982. The maximum Gasteiger partial charge on any atom is 0.270 e. The van der Waals surface area contributed by atoms with E-state index in [1.165, 1.54) is 5.69 Å². The third kappa shape index (κ3) is 8.74. The Labute approximate surface area is 310 Å². The highest BCUT2D eigenvalue weighted by Crippen LogP contribution is 2.36. The van der Waals surface area contributed by atoms with E-state index in [1.54, 1.807) is 48.6 Å². The molecular formula is C45H34N8. The second kappa shape index (κ2) is 18.4. The minimum absolute atomic E-state index is 0.0245. The van der Waals surface area contributed by atoms with E-state index in [2.05, 4.69) is 44.8 Å². The van der Waals surface area contributed by atoms with E-state index < -0.39 is 0 Å². The summed E-state index contributed by atoms with van der Waals surface area (Å²) < 4.78 is 0. The molecule has 0 bridgehead atoms. The van der Waals surface area contributed by atoms with Crippen molar-refractivity contribution in [2.45, 2.75) is 12.8 Å². The molecule has 0 atom stereocenters. The molecule has 3 aromatic rings. The van der Waals surface area contributed by atoms with Crippen molar-refractivity contribution in [2.75, 3.05) is 31.1 Å². The molecule has 1 aliphatic heterocycles. The Kier molecular flexibility index (Phi) is 12.7. The number of rotatable bonds is 10. The number of hydrogen-bond donors (Lipinski definition) is 1. The molecule has 2 aliphatic rings. The fourth-order valence-electron chi connectivity index (χ4n) is 6.49. The number of nitrogens with one attached hydrogen (secondary N) is 1. The summed E-state index contributed by atoms with van der Waals surface area (Å²) in [6.07, 6.45) is 12.5. The van der Waals surface area contributed by atoms with Crippen LogP contribution in [-0.2, 0) is 0 Å². The molecule has 0 saturated carbocycles. The molecule has 1 N–H and O–H groups in total. The standard InChI is InChI=1S/C45H34N8/c1-51-42(33-50)44(35-15-7-3-8-16-35)39(30-47)20-12-18-37-24-23-36(45(37)53-27-25-52(26-28-53)41-21-9-4-10-22-41)17-11-19-38(29-46)43(40(31-48)32-49)34-13-5-2-6-14-34/h2-22,48H,23-28H2/b18-12+,19-11+,36-17+,39-20+,43-38-,44-42+. The molecule has 0 spiro atoms. The van der Waals surface area contributed by atoms with E-state index in [9.17, 15) is 21.0 Å². The molecule has 8 nitrogen and oxygen atoms in total. The van der Waals surface area contributed by atoms with E-state index in [0.717, 1.165) is 55.9 Å². The molecule has 5 rings (SSSR count). The van der Waals surface area contributed by atoms with Crippen molar-refractivity contribution in [1.82, 2.24) is 4.90 Å². The van der Waals surface area contributed by atoms with Crippen molar-refractivity contribution < 1.29 is 0 Å². The number of allylic oxidation sites excluding steroid dienone is 14. The van der Waals surface area contributed by atoms with E-state index in [4.69, 9.17) is 12.0 Å². The van der Waals surface area contributed by atoms with Crippen molar-refractivity contribution >= 4 is 22.7 Å². The zero-order chi connectivity index (χ0) is 37.4. The zero-order valence-corrected chi connectivity index (χ0v) is 29.0. The zero-order valence-electron chi connectivity index (χ0n) is 29.0. The van der Waals surface area contributed by atoms with Gasteiger partial charge in [-0.1, -0.05) is 103 Å². The molecule has 1 fully saturated rings. The maximum atomic E-state index is 10.2. The summed E-state index contributed by atoms with van der Waals surface area (Å²) in [5.41, 5.74) is 6.66. The van der Waals surface area contributed by atoms with Gasteiger partial charge < -0.3 is 9.80 Å². The normalized spacial score (nSPS) is 16.2. The van der Waals surface area contributed by atoms with Gasteiger partial charge >= 0.3 is 0 Å². The molecule has 0 amide bonds. The summed E-state index contributed by atoms with van der Waals surface area (Å²) in [6, 6.07) is 36.8. The number of nitrogens with zero attached hydrogens (tertiary/aromatic N) is 7. The lowest BCUT2D eigenvalue weighted by atomic mass is 9.94. The Morgan fingerprint density at radius 3 is 1.85 bits per heavy atom. The van der Waals surface area contributed by atoms with Crippen LogP contribution in [0.3, 0.4) is 0 Å². The Balaban J connectivity index is 1.54. The number of piperazine rings is 1. The second-order valence-corrected chi connectivity index (χ2v) is 12.0. The van der Waals surface area contributed by atoms with Gasteiger partial charge in [-0.3, -0.25) is 5.41 Å². The van der Waals surface area contributed by atoms with Gasteiger partial charge in [0.1, 0.15) is 11.6 Å². The lowest BCUT2D eigenvalue weighted by Crippen LogP contribution is -2.46. The van der Waals surface area contributed by atoms with Gasteiger partial charge in [0.2, 0.25) is 0 Å². The van der Waals surface area contributed by atoms with Gasteiger partial charge in [0, 0.05) is 48.7 Å². The first-order chi connectivity index (χ1) is 26.1. The first kappa shape index (κ1) is 36.6. The van der Waals surface area contributed by atoms with Gasteiger partial charge in [-0.05, 0) is 65.3 Å². The molecule has 8 heteroatoms. The number of para-hydroxylation sites is 1. The summed E-state index contributed by atoms with van der Waals surface area (Å²) in [5, 5.41) is 47.4. The van der Waals surface area contributed by atoms with Gasteiger partial charge in [-0.25, -0.2) is 10.1 Å². The summed E-state index contributed by atoms with van der Waals surface area (Å²) in [5.74, 6) is 2.19. The van der Waals surface area contributed by atoms with Crippen molar-refractivity contribution in [3.8, 4) is 24.3 Å². The molecule has 0 radical (unpaired) electrons. The van der Waals surface area contributed by atoms with Crippen LogP contribution in [0.25, 0.3) is 16.0 Å². The second-order valence-electron chi connectivity index (χ2n) is 12.0. The largest absolute Gasteiger partial charge is 0.368 e. The molecular weight excluding hydrogens is 653 g/mol. The van der Waals surface area contributed by atoms with Crippen molar-refractivity contribution in [1.29, 1.82) is 26.5 Å². The first-order valence-corrected chi connectivity index (χ1v) is 17.0. The van der Waals surface area contributed by atoms with Crippen LogP contribution >= 0.6 is 0 Å². The maximum absolute atomic E-state index is 10.2. The molecule has 0 unspecified atom stereocenters. The molecule has 1 heterocycles. The molecule has 0 aromatic heterocycles. The van der Waals surface area contributed by atoms with Crippen LogP contribution in [0.5, 0.6) is 0 Å². The van der Waals surface area contributed by atoms with Crippen LogP contribution in [0.1, 0.15) is 24.0 Å². The lowest BCUT2D eigenvalue weighted by Gasteiger charge is -2.38. The Bertz CT molecular complexity index is 2310. The van der Waals surface area contributed by atoms with Gasteiger partial charge in [-0.15, -0.1) is 0 Å². The van der Waals surface area contributed by atoms with Crippen molar-refractivity contribution in [3.05, 3.63) is 189 Å². The molecule has 53 heavy (non-hydrogen) atoms. The molecule has 1 aliphatic carbocycles. The summed E-state index contributed by atoms with van der Waals surface area (Å²) in [4.78, 5) is 8.16. The average Bonchev–Trinajstić information content (AvgIpc) is 3.63. The first-order valence-electron chi connectivity index (χ1n) is 17.0. The van der Waals surface area contributed by atoms with Crippen LogP contribution in [0.15, 0.2) is 167 Å². The van der Waals surface area contributed by atoms with Crippen molar-refractivity contribution in [3.63, 3.8) is 0 Å². The smallest absolute Gasteiger partial charge is 0.270 e. The SMILES string of the molecule is [C-]#[N+]/C(C#N)=C(/C(C#N)=C/C=C/C1=C(N2CCN(c3ccccc3)CC2)C(=C/C=C/C(C#N)=C(/C(=C=N)C#N)c2ccccc2)/CC1)c1ccccc1. The topological polar surface area (TPSA) is 130 Å². The highest BCUT2D eigenvalue weighted by atomic mass is 15.3. The fourth-order valence-corrected chi connectivity index (χ4v) is 6.49. The number of hydrogen-bond acceptors (Lipinski definition) is 7. The summed E-state index contributed by atoms with van der Waals surface area (Å²) >= 11 is 0. The van der Waals surface area contributed by atoms with Crippen molar-refractivity contribution in [2.24, 2.45) is 0 Å². The fraction of sp³-hybridized carbons (Fsp3) is 0.133. The van der Waals surface area contributed by atoms with Gasteiger partial charge in [0.25, 0.3) is 5.70 Å². The highest BCUT2D eigenvalue weighted by molar-refractivity contribution is 5.95.